The molecule has 0 bridgehead atoms. The van der Waals surface area contributed by atoms with Crippen LogP contribution in [0.4, 0.5) is 11.6 Å². The van der Waals surface area contributed by atoms with Crippen LogP contribution in [0.3, 0.4) is 0 Å². The number of pyridine rings is 1. The van der Waals surface area contributed by atoms with Crippen molar-refractivity contribution < 1.29 is 17.9 Å². The number of aromatic nitrogens is 3. The van der Waals surface area contributed by atoms with E-state index in [-0.39, 0.29) is 23.7 Å². The molecule has 0 fully saturated rings. The van der Waals surface area contributed by atoms with E-state index in [9.17, 15) is 13.2 Å². The molecular weight excluding hydrogens is 562 g/mol. The van der Waals surface area contributed by atoms with E-state index in [0.717, 1.165) is 22.3 Å². The molecule has 0 saturated carbocycles. The minimum atomic E-state index is -3.27. The maximum Gasteiger partial charge on any atom is 0.270 e. The number of imidazole rings is 1. The summed E-state index contributed by atoms with van der Waals surface area (Å²) in [5.41, 5.74) is 4.85. The van der Waals surface area contributed by atoms with E-state index in [2.05, 4.69) is 41.6 Å². The third-order valence-corrected chi connectivity index (χ3v) is 8.69. The second-order valence-corrected chi connectivity index (χ2v) is 12.9. The van der Waals surface area contributed by atoms with Crippen LogP contribution in [-0.2, 0) is 22.6 Å². The maximum atomic E-state index is 12.7. The maximum absolute atomic E-state index is 12.7. The number of sulfone groups is 1. The number of hydrogen-bond donors (Lipinski definition) is 2. The average molecular weight is 598 g/mol. The van der Waals surface area contributed by atoms with Crippen molar-refractivity contribution in [3.63, 3.8) is 0 Å². The van der Waals surface area contributed by atoms with E-state index in [1.165, 1.54) is 11.8 Å². The van der Waals surface area contributed by atoms with Crippen LogP contribution in [0.1, 0.15) is 47.8 Å². The van der Waals surface area contributed by atoms with Gasteiger partial charge in [0, 0.05) is 37.6 Å². The molecule has 0 aliphatic rings. The third kappa shape index (κ3) is 7.78. The largest absolute Gasteiger partial charge is 0.457 e. The molecule has 43 heavy (non-hydrogen) atoms. The Morgan fingerprint density at radius 2 is 1.74 bits per heavy atom. The lowest BCUT2D eigenvalue weighted by Gasteiger charge is -2.10. The summed E-state index contributed by atoms with van der Waals surface area (Å²) in [6.07, 6.45) is 1.81. The molecule has 5 rings (SSSR count). The second-order valence-electron chi connectivity index (χ2n) is 10.7. The normalized spacial score (nSPS) is 11.5. The van der Waals surface area contributed by atoms with Crippen molar-refractivity contribution in [2.75, 3.05) is 17.6 Å². The summed E-state index contributed by atoms with van der Waals surface area (Å²) in [5.74, 6) is 1.72. The summed E-state index contributed by atoms with van der Waals surface area (Å²) in [4.78, 5) is 21.6. The molecule has 9 nitrogen and oxygen atoms in total. The summed E-state index contributed by atoms with van der Waals surface area (Å²) in [6, 6.07) is 26.2. The van der Waals surface area contributed by atoms with Gasteiger partial charge in [0.15, 0.2) is 9.84 Å². The van der Waals surface area contributed by atoms with Gasteiger partial charge in [-0.1, -0.05) is 56.3 Å². The fraction of sp³-hybridized carbons (Fsp3) is 0.242. The number of amides is 1. The Morgan fingerprint density at radius 1 is 0.953 bits per heavy atom. The number of carbonyl (C=O) groups excluding carboxylic acids is 1. The molecule has 0 atom stereocenters. The summed E-state index contributed by atoms with van der Waals surface area (Å²) >= 11 is 0. The van der Waals surface area contributed by atoms with Gasteiger partial charge < -0.3 is 19.9 Å². The molecular formula is C33H35N5O4S. The topological polar surface area (TPSA) is 115 Å². The van der Waals surface area contributed by atoms with Gasteiger partial charge in [-0.05, 0) is 53.8 Å². The zero-order valence-electron chi connectivity index (χ0n) is 24.4. The predicted octanol–water partition coefficient (Wildman–Crippen LogP) is 6.36. The van der Waals surface area contributed by atoms with Crippen LogP contribution in [0.15, 0.2) is 91.1 Å². The number of ether oxygens (including phenoxy) is 1. The van der Waals surface area contributed by atoms with Crippen molar-refractivity contribution in [2.45, 2.75) is 31.9 Å². The number of hydrogen-bond acceptors (Lipinski definition) is 7. The highest BCUT2D eigenvalue weighted by molar-refractivity contribution is 7.90. The highest BCUT2D eigenvalue weighted by atomic mass is 32.2. The first-order chi connectivity index (χ1) is 20.7. The van der Waals surface area contributed by atoms with Gasteiger partial charge in [0.05, 0.1) is 22.5 Å². The zero-order chi connectivity index (χ0) is 30.4. The van der Waals surface area contributed by atoms with Crippen LogP contribution in [0.5, 0.6) is 11.5 Å². The third-order valence-electron chi connectivity index (χ3n) is 7.01. The number of nitrogens with zero attached hydrogens (tertiary/aromatic N) is 3. The van der Waals surface area contributed by atoms with Gasteiger partial charge in [0.25, 0.3) is 5.91 Å². The van der Waals surface area contributed by atoms with Gasteiger partial charge in [0.2, 0.25) is 5.95 Å². The number of benzene rings is 3. The smallest absolute Gasteiger partial charge is 0.270 e. The molecule has 0 saturated heterocycles. The van der Waals surface area contributed by atoms with Crippen molar-refractivity contribution in [3.05, 3.63) is 108 Å². The van der Waals surface area contributed by atoms with Gasteiger partial charge in [-0.2, -0.15) is 0 Å². The van der Waals surface area contributed by atoms with Gasteiger partial charge in [-0.3, -0.25) is 9.78 Å². The van der Waals surface area contributed by atoms with E-state index in [0.29, 0.717) is 29.8 Å². The predicted molar refractivity (Wildman–Crippen MR) is 170 cm³/mol. The number of fused-ring (bicyclic) bond motifs is 1. The van der Waals surface area contributed by atoms with Crippen molar-refractivity contribution >= 4 is 38.4 Å². The first kappa shape index (κ1) is 29.8. The van der Waals surface area contributed by atoms with Gasteiger partial charge in [-0.15, -0.1) is 0 Å². The van der Waals surface area contributed by atoms with Crippen LogP contribution in [0.25, 0.3) is 11.0 Å². The van der Waals surface area contributed by atoms with E-state index >= 15 is 0 Å². The van der Waals surface area contributed by atoms with E-state index in [4.69, 9.17) is 9.72 Å². The summed E-state index contributed by atoms with van der Waals surface area (Å²) < 4.78 is 32.8. The van der Waals surface area contributed by atoms with Crippen LogP contribution in [-0.4, -0.2) is 41.2 Å². The lowest BCUT2D eigenvalue weighted by Crippen LogP contribution is -2.27. The molecule has 2 heterocycles. The molecule has 0 unspecified atom stereocenters. The van der Waals surface area contributed by atoms with E-state index in [1.807, 2.05) is 60.1 Å². The fourth-order valence-corrected chi connectivity index (χ4v) is 6.11. The quantitative estimate of drug-likeness (QED) is 0.161. The lowest BCUT2D eigenvalue weighted by atomic mass is 10.0. The number of carbonyl (C=O) groups is 1. The first-order valence-electron chi connectivity index (χ1n) is 14.2. The number of aryl methyl sites for hydroxylation is 1. The highest BCUT2D eigenvalue weighted by Gasteiger charge is 2.14. The fourth-order valence-electron chi connectivity index (χ4n) is 4.68. The molecule has 2 N–H and O–H groups in total. The van der Waals surface area contributed by atoms with Crippen molar-refractivity contribution in [1.82, 2.24) is 19.9 Å². The molecule has 222 valence electrons. The summed E-state index contributed by atoms with van der Waals surface area (Å²) in [5, 5.41) is 6.16. The van der Waals surface area contributed by atoms with Crippen molar-refractivity contribution in [3.8, 4) is 11.5 Å². The lowest BCUT2D eigenvalue weighted by molar-refractivity contribution is 0.0948. The molecule has 0 spiro atoms. The average Bonchev–Trinajstić information content (AvgIpc) is 3.29. The first-order valence-corrected chi connectivity index (χ1v) is 16.0. The van der Waals surface area contributed by atoms with Gasteiger partial charge in [-0.25, -0.2) is 13.4 Å². The standard InChI is InChI=1S/C33H35N5O4S/c1-23(2)25-11-7-12-26(19-25)36-33-37-29-20-27(13-14-31(29)38(33)3)42-28-15-17-34-30(21-28)32(39)35-16-8-18-43(40,41)22-24-9-5-4-6-10-24/h4-7,9-15,17,19-21,23H,8,16,18,22H2,1-3H3,(H,35,39)(H,36,37). The van der Waals surface area contributed by atoms with Gasteiger partial charge >= 0.3 is 0 Å². The monoisotopic (exact) mass is 597 g/mol. The minimum Gasteiger partial charge on any atom is -0.457 e. The molecule has 3 aromatic carbocycles. The Kier molecular flexibility index (Phi) is 9.06. The molecule has 10 heteroatoms. The SMILES string of the molecule is CC(C)c1cccc(Nc2nc3cc(Oc4ccnc(C(=O)NCCCS(=O)(=O)Cc5ccccc5)c4)ccc3n2C)c1. The summed E-state index contributed by atoms with van der Waals surface area (Å²) in [6.45, 7) is 4.55. The number of anilines is 2. The number of rotatable bonds is 12. The van der Waals surface area contributed by atoms with Crippen LogP contribution >= 0.6 is 0 Å². The zero-order valence-corrected chi connectivity index (χ0v) is 25.3. The molecule has 1 amide bonds. The molecule has 0 aliphatic heterocycles. The highest BCUT2D eigenvalue weighted by Crippen LogP contribution is 2.29. The van der Waals surface area contributed by atoms with Crippen LogP contribution < -0.4 is 15.4 Å². The van der Waals surface area contributed by atoms with E-state index < -0.39 is 15.7 Å². The van der Waals surface area contributed by atoms with E-state index in [1.54, 1.807) is 24.3 Å². The number of nitrogens with one attached hydrogen (secondary N) is 2. The summed E-state index contributed by atoms with van der Waals surface area (Å²) in [7, 11) is -1.32. The molecule has 2 aromatic heterocycles. The van der Waals surface area contributed by atoms with Crippen molar-refractivity contribution in [1.29, 1.82) is 0 Å². The molecule has 5 aromatic rings. The van der Waals surface area contributed by atoms with Crippen LogP contribution in [0, 0.1) is 0 Å². The van der Waals surface area contributed by atoms with Gasteiger partial charge in [0.1, 0.15) is 17.2 Å². The molecule has 0 aliphatic carbocycles. The Bertz CT molecular complexity index is 1840. The Morgan fingerprint density at radius 3 is 2.53 bits per heavy atom. The van der Waals surface area contributed by atoms with Crippen molar-refractivity contribution in [2.24, 2.45) is 7.05 Å². The Hall–Kier alpha value is -4.70. The Balaban J connectivity index is 1.19. The second kappa shape index (κ2) is 13.1. The molecule has 0 radical (unpaired) electrons. The van der Waals surface area contributed by atoms with Crippen LogP contribution in [0.2, 0.25) is 0 Å². The Labute approximate surface area is 251 Å². The minimum absolute atomic E-state index is 0.0169.